The first kappa shape index (κ1) is 13.9. The number of amides is 1. The number of para-hydroxylation sites is 1. The highest BCUT2D eigenvalue weighted by Gasteiger charge is 2.04. The molecular formula is C15H14INO2. The fraction of sp³-hybridized carbons (Fsp3) is 0.133. The third-order valence-electron chi connectivity index (χ3n) is 2.49. The molecule has 1 N–H and O–H groups in total. The van der Waals surface area contributed by atoms with Gasteiger partial charge in [-0.3, -0.25) is 4.79 Å². The molecular weight excluding hydrogens is 353 g/mol. The Kier molecular flexibility index (Phi) is 5.20. The SMILES string of the molecule is O=C(NCCOc1ccccc1)c1cccc(I)c1. The fourth-order valence-corrected chi connectivity index (χ4v) is 2.13. The third-order valence-corrected chi connectivity index (χ3v) is 3.16. The molecule has 2 rings (SSSR count). The van der Waals surface area contributed by atoms with Crippen molar-refractivity contribution in [2.45, 2.75) is 0 Å². The van der Waals surface area contributed by atoms with Gasteiger partial charge in [0.15, 0.2) is 0 Å². The summed E-state index contributed by atoms with van der Waals surface area (Å²) in [4.78, 5) is 11.8. The molecule has 4 heteroatoms. The van der Waals surface area contributed by atoms with E-state index >= 15 is 0 Å². The van der Waals surface area contributed by atoms with Gasteiger partial charge in [-0.1, -0.05) is 24.3 Å². The highest BCUT2D eigenvalue weighted by Crippen LogP contribution is 2.08. The zero-order chi connectivity index (χ0) is 13.5. The third kappa shape index (κ3) is 4.55. The number of carbonyl (C=O) groups excluding carboxylic acids is 1. The predicted octanol–water partition coefficient (Wildman–Crippen LogP) is 3.10. The monoisotopic (exact) mass is 367 g/mol. The summed E-state index contributed by atoms with van der Waals surface area (Å²) in [6.45, 7) is 0.943. The molecule has 0 bridgehead atoms. The molecule has 0 fully saturated rings. The van der Waals surface area contributed by atoms with Crippen LogP contribution in [0, 0.1) is 3.57 Å². The van der Waals surface area contributed by atoms with Gasteiger partial charge in [-0.15, -0.1) is 0 Å². The van der Waals surface area contributed by atoms with Crippen LogP contribution in [0.15, 0.2) is 54.6 Å². The Bertz CT molecular complexity index is 543. The molecule has 0 saturated heterocycles. The molecule has 98 valence electrons. The summed E-state index contributed by atoms with van der Waals surface area (Å²) in [7, 11) is 0. The highest BCUT2D eigenvalue weighted by atomic mass is 127. The summed E-state index contributed by atoms with van der Waals surface area (Å²) in [5.74, 6) is 0.737. The molecule has 3 nitrogen and oxygen atoms in total. The van der Waals surface area contributed by atoms with Crippen LogP contribution in [-0.4, -0.2) is 19.1 Å². The van der Waals surface area contributed by atoms with E-state index in [1.54, 1.807) is 6.07 Å². The van der Waals surface area contributed by atoms with Crippen LogP contribution >= 0.6 is 22.6 Å². The molecule has 0 spiro atoms. The number of halogens is 1. The Morgan fingerprint density at radius 3 is 2.63 bits per heavy atom. The number of nitrogens with one attached hydrogen (secondary N) is 1. The Morgan fingerprint density at radius 2 is 1.89 bits per heavy atom. The van der Waals surface area contributed by atoms with Gasteiger partial charge in [-0.25, -0.2) is 0 Å². The molecule has 0 aliphatic carbocycles. The van der Waals surface area contributed by atoms with E-state index in [4.69, 9.17) is 4.74 Å². The molecule has 2 aromatic carbocycles. The summed E-state index contributed by atoms with van der Waals surface area (Å²) < 4.78 is 6.55. The zero-order valence-electron chi connectivity index (χ0n) is 10.3. The van der Waals surface area contributed by atoms with Crippen LogP contribution in [0.3, 0.4) is 0 Å². The standard InChI is InChI=1S/C15H14INO2/c16-13-6-4-5-12(11-13)15(18)17-9-10-19-14-7-2-1-3-8-14/h1-8,11H,9-10H2,(H,17,18). The first-order valence-electron chi connectivity index (χ1n) is 5.97. The zero-order valence-corrected chi connectivity index (χ0v) is 12.5. The fourth-order valence-electron chi connectivity index (χ4n) is 1.58. The lowest BCUT2D eigenvalue weighted by Gasteiger charge is -2.07. The quantitative estimate of drug-likeness (QED) is 0.652. The minimum Gasteiger partial charge on any atom is -0.492 e. The van der Waals surface area contributed by atoms with Crippen molar-refractivity contribution < 1.29 is 9.53 Å². The molecule has 0 aliphatic heterocycles. The van der Waals surface area contributed by atoms with Crippen LogP contribution in [-0.2, 0) is 0 Å². The molecule has 0 atom stereocenters. The molecule has 0 unspecified atom stereocenters. The van der Waals surface area contributed by atoms with Crippen molar-refractivity contribution in [1.82, 2.24) is 5.32 Å². The van der Waals surface area contributed by atoms with Crippen LogP contribution in [0.1, 0.15) is 10.4 Å². The summed E-state index contributed by atoms with van der Waals surface area (Å²) in [5.41, 5.74) is 0.673. The van der Waals surface area contributed by atoms with E-state index < -0.39 is 0 Å². The summed E-state index contributed by atoms with van der Waals surface area (Å²) in [6.07, 6.45) is 0. The van der Waals surface area contributed by atoms with Crippen molar-refractivity contribution in [2.24, 2.45) is 0 Å². The Hall–Kier alpha value is -1.56. The average molecular weight is 367 g/mol. The second kappa shape index (κ2) is 7.13. The number of hydrogen-bond acceptors (Lipinski definition) is 2. The first-order chi connectivity index (χ1) is 9.25. The second-order valence-corrected chi connectivity index (χ2v) is 5.17. The lowest BCUT2D eigenvalue weighted by molar-refractivity contribution is 0.0947. The van der Waals surface area contributed by atoms with Gasteiger partial charge in [-0.05, 0) is 52.9 Å². The van der Waals surface area contributed by atoms with Gasteiger partial charge < -0.3 is 10.1 Å². The topological polar surface area (TPSA) is 38.3 Å². The van der Waals surface area contributed by atoms with E-state index in [0.717, 1.165) is 9.32 Å². The van der Waals surface area contributed by atoms with Gasteiger partial charge in [0.1, 0.15) is 12.4 Å². The van der Waals surface area contributed by atoms with Crippen molar-refractivity contribution in [3.8, 4) is 5.75 Å². The second-order valence-electron chi connectivity index (χ2n) is 3.93. The van der Waals surface area contributed by atoms with Crippen LogP contribution in [0.4, 0.5) is 0 Å². The molecule has 0 aromatic heterocycles. The minimum absolute atomic E-state index is 0.0739. The Morgan fingerprint density at radius 1 is 1.11 bits per heavy atom. The molecule has 1 amide bonds. The van der Waals surface area contributed by atoms with Gasteiger partial charge in [0.2, 0.25) is 0 Å². The maximum absolute atomic E-state index is 11.8. The predicted molar refractivity (Wildman–Crippen MR) is 83.4 cm³/mol. The average Bonchev–Trinajstić information content (AvgIpc) is 2.44. The van der Waals surface area contributed by atoms with Crippen molar-refractivity contribution in [1.29, 1.82) is 0 Å². The Labute approximate surface area is 126 Å². The maximum atomic E-state index is 11.8. The van der Waals surface area contributed by atoms with E-state index in [0.29, 0.717) is 18.7 Å². The number of ether oxygens (including phenoxy) is 1. The van der Waals surface area contributed by atoms with E-state index in [2.05, 4.69) is 27.9 Å². The van der Waals surface area contributed by atoms with Crippen LogP contribution in [0.5, 0.6) is 5.75 Å². The normalized spacial score (nSPS) is 9.95. The van der Waals surface area contributed by atoms with Gasteiger partial charge in [0.25, 0.3) is 5.91 Å². The maximum Gasteiger partial charge on any atom is 0.251 e. The number of benzene rings is 2. The van der Waals surface area contributed by atoms with Crippen LogP contribution in [0.2, 0.25) is 0 Å². The van der Waals surface area contributed by atoms with Gasteiger partial charge in [0.05, 0.1) is 6.54 Å². The summed E-state index contributed by atoms with van der Waals surface area (Å²) in [6, 6.07) is 17.0. The summed E-state index contributed by atoms with van der Waals surface area (Å²) >= 11 is 2.19. The van der Waals surface area contributed by atoms with Gasteiger partial charge in [0, 0.05) is 9.13 Å². The van der Waals surface area contributed by atoms with Crippen LogP contribution < -0.4 is 10.1 Å². The highest BCUT2D eigenvalue weighted by molar-refractivity contribution is 14.1. The minimum atomic E-state index is -0.0739. The van der Waals surface area contributed by atoms with Gasteiger partial charge in [-0.2, -0.15) is 0 Å². The van der Waals surface area contributed by atoms with E-state index in [-0.39, 0.29) is 5.91 Å². The molecule has 0 radical (unpaired) electrons. The largest absolute Gasteiger partial charge is 0.492 e. The van der Waals surface area contributed by atoms with Crippen molar-refractivity contribution in [3.05, 3.63) is 63.7 Å². The molecule has 19 heavy (non-hydrogen) atoms. The lowest BCUT2D eigenvalue weighted by atomic mass is 10.2. The molecule has 2 aromatic rings. The van der Waals surface area contributed by atoms with E-state index in [1.807, 2.05) is 48.5 Å². The molecule has 0 heterocycles. The lowest BCUT2D eigenvalue weighted by Crippen LogP contribution is -2.28. The van der Waals surface area contributed by atoms with E-state index in [9.17, 15) is 4.79 Å². The van der Waals surface area contributed by atoms with Crippen molar-refractivity contribution in [2.75, 3.05) is 13.2 Å². The van der Waals surface area contributed by atoms with Crippen molar-refractivity contribution in [3.63, 3.8) is 0 Å². The smallest absolute Gasteiger partial charge is 0.251 e. The van der Waals surface area contributed by atoms with Crippen LogP contribution in [0.25, 0.3) is 0 Å². The molecule has 0 aliphatic rings. The number of rotatable bonds is 5. The Balaban J connectivity index is 1.75. The molecule has 0 saturated carbocycles. The van der Waals surface area contributed by atoms with Gasteiger partial charge >= 0.3 is 0 Å². The number of carbonyl (C=O) groups is 1. The first-order valence-corrected chi connectivity index (χ1v) is 7.05. The van der Waals surface area contributed by atoms with E-state index in [1.165, 1.54) is 0 Å². The summed E-state index contributed by atoms with van der Waals surface area (Å²) in [5, 5.41) is 2.83. The van der Waals surface area contributed by atoms with Crippen molar-refractivity contribution >= 4 is 28.5 Å². The number of hydrogen-bond donors (Lipinski definition) is 1.